The number of furan rings is 1. The molecule has 10 nitrogen and oxygen atoms in total. The quantitative estimate of drug-likeness (QED) is 0.332. The summed E-state index contributed by atoms with van der Waals surface area (Å²) < 4.78 is 25.0. The van der Waals surface area contributed by atoms with E-state index < -0.39 is 11.7 Å². The number of carbonyl (C=O) groups excluding carboxylic acids is 1. The van der Waals surface area contributed by atoms with Crippen molar-refractivity contribution in [1.82, 2.24) is 20.4 Å². The van der Waals surface area contributed by atoms with Gasteiger partial charge in [-0.15, -0.1) is 0 Å². The number of benzene rings is 1. The predicted molar refractivity (Wildman–Crippen MR) is 133 cm³/mol. The number of nitrogens with one attached hydrogen (secondary N) is 3. The van der Waals surface area contributed by atoms with Gasteiger partial charge in [-0.25, -0.2) is 14.4 Å². The van der Waals surface area contributed by atoms with E-state index in [4.69, 9.17) is 9.15 Å². The van der Waals surface area contributed by atoms with Crippen molar-refractivity contribution >= 4 is 29.0 Å². The SMILES string of the molecule is Cc1cc(Nc2ccc(C(=O)NNc3ncc(F)c(N4CCOCC4)n3)nc2)cc(-c2ccco2)c1. The van der Waals surface area contributed by atoms with Crippen molar-refractivity contribution in [2.24, 2.45) is 0 Å². The third-order valence-corrected chi connectivity index (χ3v) is 5.49. The van der Waals surface area contributed by atoms with Crippen molar-refractivity contribution < 1.29 is 18.3 Å². The van der Waals surface area contributed by atoms with Crippen LogP contribution in [-0.4, -0.2) is 47.2 Å². The van der Waals surface area contributed by atoms with Gasteiger partial charge in [0.05, 0.1) is 37.6 Å². The second-order valence-electron chi connectivity index (χ2n) is 8.17. The first-order chi connectivity index (χ1) is 17.5. The lowest BCUT2D eigenvalue weighted by Gasteiger charge is -2.28. The number of carbonyl (C=O) groups is 1. The number of ether oxygens (including phenoxy) is 1. The predicted octanol–water partition coefficient (Wildman–Crippen LogP) is 3.92. The Kier molecular flexibility index (Phi) is 6.72. The number of anilines is 4. The van der Waals surface area contributed by atoms with Gasteiger partial charge in [0, 0.05) is 24.3 Å². The molecule has 0 aliphatic carbocycles. The van der Waals surface area contributed by atoms with Gasteiger partial charge in [-0.2, -0.15) is 4.98 Å². The third kappa shape index (κ3) is 5.41. The Hall–Kier alpha value is -4.51. The molecule has 1 amide bonds. The van der Waals surface area contributed by atoms with E-state index in [0.29, 0.717) is 32.0 Å². The van der Waals surface area contributed by atoms with Crippen LogP contribution in [0.15, 0.2) is 65.5 Å². The molecule has 11 heteroatoms. The summed E-state index contributed by atoms with van der Waals surface area (Å²) in [6.07, 6.45) is 4.26. The summed E-state index contributed by atoms with van der Waals surface area (Å²) >= 11 is 0. The highest BCUT2D eigenvalue weighted by Gasteiger charge is 2.18. The largest absolute Gasteiger partial charge is 0.464 e. The van der Waals surface area contributed by atoms with E-state index in [9.17, 15) is 9.18 Å². The van der Waals surface area contributed by atoms with Gasteiger partial charge in [0.25, 0.3) is 5.91 Å². The Morgan fingerprint density at radius 1 is 1.06 bits per heavy atom. The van der Waals surface area contributed by atoms with E-state index >= 15 is 0 Å². The highest BCUT2D eigenvalue weighted by molar-refractivity contribution is 5.93. The van der Waals surface area contributed by atoms with Crippen LogP contribution in [-0.2, 0) is 4.74 Å². The molecule has 4 aromatic rings. The number of morpholine rings is 1. The number of amides is 1. The first-order valence-electron chi connectivity index (χ1n) is 11.4. The molecule has 0 spiro atoms. The minimum Gasteiger partial charge on any atom is -0.464 e. The Morgan fingerprint density at radius 2 is 1.92 bits per heavy atom. The second kappa shape index (κ2) is 10.4. The molecule has 0 saturated carbocycles. The smallest absolute Gasteiger partial charge is 0.288 e. The van der Waals surface area contributed by atoms with Crippen LogP contribution in [0.1, 0.15) is 16.1 Å². The van der Waals surface area contributed by atoms with Gasteiger partial charge >= 0.3 is 0 Å². The molecular weight excluding hydrogens is 465 g/mol. The van der Waals surface area contributed by atoms with Gasteiger partial charge in [-0.05, 0) is 55.0 Å². The molecule has 1 aliphatic heterocycles. The van der Waals surface area contributed by atoms with Crippen molar-refractivity contribution in [3.05, 3.63) is 78.2 Å². The van der Waals surface area contributed by atoms with Crippen LogP contribution in [0.4, 0.5) is 27.5 Å². The third-order valence-electron chi connectivity index (χ3n) is 5.49. The molecule has 3 N–H and O–H groups in total. The van der Waals surface area contributed by atoms with Crippen LogP contribution in [0, 0.1) is 12.7 Å². The van der Waals surface area contributed by atoms with Gasteiger partial charge in [0.15, 0.2) is 11.6 Å². The number of hydrogen-bond acceptors (Lipinski definition) is 9. The molecule has 4 heterocycles. The number of aryl methyl sites for hydroxylation is 1. The molecule has 1 fully saturated rings. The van der Waals surface area contributed by atoms with E-state index in [1.807, 2.05) is 37.3 Å². The Bertz CT molecular complexity index is 1340. The Balaban J connectivity index is 1.21. The maximum atomic E-state index is 14.2. The van der Waals surface area contributed by atoms with Crippen molar-refractivity contribution in [3.8, 4) is 11.3 Å². The highest BCUT2D eigenvalue weighted by Crippen LogP contribution is 2.27. The molecule has 0 unspecified atom stereocenters. The zero-order valence-corrected chi connectivity index (χ0v) is 19.5. The molecule has 3 aromatic heterocycles. The van der Waals surface area contributed by atoms with Crippen LogP contribution >= 0.6 is 0 Å². The molecule has 36 heavy (non-hydrogen) atoms. The first-order valence-corrected chi connectivity index (χ1v) is 11.4. The zero-order valence-electron chi connectivity index (χ0n) is 19.5. The average molecular weight is 490 g/mol. The summed E-state index contributed by atoms with van der Waals surface area (Å²) in [5.41, 5.74) is 8.90. The molecule has 1 aromatic carbocycles. The van der Waals surface area contributed by atoms with Gasteiger partial charge in [0.1, 0.15) is 11.5 Å². The van der Waals surface area contributed by atoms with Crippen molar-refractivity contribution in [2.75, 3.05) is 41.9 Å². The number of aromatic nitrogens is 3. The molecule has 5 rings (SSSR count). The number of halogens is 1. The minimum absolute atomic E-state index is 0.0661. The molecule has 0 bridgehead atoms. The summed E-state index contributed by atoms with van der Waals surface area (Å²) in [4.78, 5) is 26.6. The van der Waals surface area contributed by atoms with Crippen LogP contribution in [0.2, 0.25) is 0 Å². The van der Waals surface area contributed by atoms with Crippen molar-refractivity contribution in [2.45, 2.75) is 6.92 Å². The second-order valence-corrected chi connectivity index (χ2v) is 8.17. The fraction of sp³-hybridized carbons (Fsp3) is 0.200. The summed E-state index contributed by atoms with van der Waals surface area (Å²) in [6.45, 7) is 4.04. The fourth-order valence-corrected chi connectivity index (χ4v) is 3.80. The lowest BCUT2D eigenvalue weighted by atomic mass is 10.1. The van der Waals surface area contributed by atoms with Gasteiger partial charge in [-0.3, -0.25) is 15.6 Å². The number of rotatable bonds is 7. The van der Waals surface area contributed by atoms with Crippen molar-refractivity contribution in [3.63, 3.8) is 0 Å². The lowest BCUT2D eigenvalue weighted by molar-refractivity contribution is 0.0957. The summed E-state index contributed by atoms with van der Waals surface area (Å²) in [6, 6.07) is 13.1. The van der Waals surface area contributed by atoms with E-state index in [0.717, 1.165) is 28.8 Å². The van der Waals surface area contributed by atoms with E-state index in [2.05, 4.69) is 31.1 Å². The van der Waals surface area contributed by atoms with Crippen LogP contribution < -0.4 is 21.1 Å². The van der Waals surface area contributed by atoms with Crippen LogP contribution in [0.3, 0.4) is 0 Å². The molecule has 0 radical (unpaired) electrons. The summed E-state index contributed by atoms with van der Waals surface area (Å²) in [7, 11) is 0. The van der Waals surface area contributed by atoms with E-state index in [1.165, 1.54) is 0 Å². The summed E-state index contributed by atoms with van der Waals surface area (Å²) in [5.74, 6) is -0.0237. The van der Waals surface area contributed by atoms with Gasteiger partial charge < -0.3 is 19.4 Å². The van der Waals surface area contributed by atoms with E-state index in [1.54, 1.807) is 29.5 Å². The Morgan fingerprint density at radius 3 is 2.67 bits per heavy atom. The number of nitrogens with zero attached hydrogens (tertiary/aromatic N) is 4. The van der Waals surface area contributed by atoms with Gasteiger partial charge in [0.2, 0.25) is 5.95 Å². The van der Waals surface area contributed by atoms with Crippen LogP contribution in [0.25, 0.3) is 11.3 Å². The topological polar surface area (TPSA) is 117 Å². The van der Waals surface area contributed by atoms with Crippen molar-refractivity contribution in [1.29, 1.82) is 0 Å². The minimum atomic E-state index is -0.538. The number of pyridine rings is 1. The van der Waals surface area contributed by atoms with Gasteiger partial charge in [-0.1, -0.05) is 0 Å². The molecular formula is C25H24FN7O3. The standard InChI is InChI=1S/C25H24FN7O3/c1-16-11-17(22-3-2-8-36-22)13-19(12-16)29-18-4-5-21(27-14-18)24(34)31-32-25-28-15-20(26)23(30-25)33-6-9-35-10-7-33/h2-5,8,11-15,29H,6-7,9-10H2,1H3,(H,31,34)(H,28,30,32). The summed E-state index contributed by atoms with van der Waals surface area (Å²) in [5, 5.41) is 3.29. The molecule has 1 saturated heterocycles. The molecule has 1 aliphatic rings. The number of hydrazine groups is 1. The maximum Gasteiger partial charge on any atom is 0.288 e. The average Bonchev–Trinajstić information content (AvgIpc) is 3.44. The van der Waals surface area contributed by atoms with Crippen LogP contribution in [0.5, 0.6) is 0 Å². The lowest BCUT2D eigenvalue weighted by Crippen LogP contribution is -2.38. The van der Waals surface area contributed by atoms with E-state index in [-0.39, 0.29) is 17.5 Å². The normalized spacial score (nSPS) is 13.3. The number of hydrogen-bond donors (Lipinski definition) is 3. The highest BCUT2D eigenvalue weighted by atomic mass is 19.1. The maximum absolute atomic E-state index is 14.2. The zero-order chi connectivity index (χ0) is 24.9. The fourth-order valence-electron chi connectivity index (χ4n) is 3.80. The first kappa shape index (κ1) is 23.2. The molecule has 0 atom stereocenters. The molecule has 184 valence electrons. The Labute approximate surface area is 206 Å². The monoisotopic (exact) mass is 489 g/mol.